The average Bonchev–Trinajstić information content (AvgIpc) is 3.05. The topological polar surface area (TPSA) is 108 Å². The Bertz CT molecular complexity index is 1020. The van der Waals surface area contributed by atoms with Crippen LogP contribution in [-0.4, -0.2) is 31.9 Å². The minimum Gasteiger partial charge on any atom is -0.460 e. The van der Waals surface area contributed by atoms with Gasteiger partial charge in [-0.05, 0) is 24.1 Å². The summed E-state index contributed by atoms with van der Waals surface area (Å²) in [6.45, 7) is 1.70. The van der Waals surface area contributed by atoms with Crippen molar-refractivity contribution in [1.82, 2.24) is 15.2 Å². The van der Waals surface area contributed by atoms with Gasteiger partial charge in [0.1, 0.15) is 6.61 Å². The maximum absolute atomic E-state index is 13.1. The van der Waals surface area contributed by atoms with Crippen LogP contribution in [0.2, 0.25) is 0 Å². The molecule has 0 bridgehead atoms. The van der Waals surface area contributed by atoms with Crippen LogP contribution in [0.3, 0.4) is 0 Å². The van der Waals surface area contributed by atoms with Gasteiger partial charge in [-0.2, -0.15) is 0 Å². The zero-order chi connectivity index (χ0) is 19.7. The highest BCUT2D eigenvalue weighted by molar-refractivity contribution is 5.77. The number of H-pyrrole nitrogens is 2. The lowest BCUT2D eigenvalue weighted by atomic mass is 9.66. The molecule has 0 spiro atoms. The second-order valence-electron chi connectivity index (χ2n) is 7.34. The average molecular weight is 379 g/mol. The molecule has 2 heterocycles. The fourth-order valence-electron chi connectivity index (χ4n) is 3.99. The van der Waals surface area contributed by atoms with Crippen LogP contribution >= 0.6 is 0 Å². The molecule has 1 aliphatic rings. The Morgan fingerprint density at radius 2 is 2.04 bits per heavy atom. The fourth-order valence-corrected chi connectivity index (χ4v) is 3.99. The van der Waals surface area contributed by atoms with Gasteiger partial charge in [0.2, 0.25) is 0 Å². The molecule has 4 rings (SSSR count). The molecule has 0 saturated carbocycles. The number of esters is 1. The molecule has 3 N–H and O–H groups in total. The fraction of sp³-hybridized carbons (Fsp3) is 0.286. The van der Waals surface area contributed by atoms with Gasteiger partial charge in [-0.25, -0.2) is 0 Å². The number of carbonyl (C=O) groups is 1. The number of fused-ring (bicyclic) bond motifs is 1. The van der Waals surface area contributed by atoms with Crippen molar-refractivity contribution in [2.75, 3.05) is 0 Å². The Morgan fingerprint density at radius 3 is 2.75 bits per heavy atom. The molecule has 0 unspecified atom stereocenters. The van der Waals surface area contributed by atoms with Crippen molar-refractivity contribution in [3.05, 3.63) is 87.6 Å². The van der Waals surface area contributed by atoms with E-state index in [0.717, 1.165) is 5.56 Å². The molecule has 1 aliphatic carbocycles. The van der Waals surface area contributed by atoms with E-state index in [0.29, 0.717) is 16.8 Å². The number of rotatable bonds is 4. The van der Waals surface area contributed by atoms with Crippen LogP contribution in [0.25, 0.3) is 0 Å². The summed E-state index contributed by atoms with van der Waals surface area (Å²) in [5, 5.41) is 16.5. The number of hydrogen-bond donors (Lipinski definition) is 3. The molecule has 0 aliphatic heterocycles. The van der Waals surface area contributed by atoms with Gasteiger partial charge in [0.25, 0.3) is 5.56 Å². The maximum atomic E-state index is 13.1. The van der Waals surface area contributed by atoms with Gasteiger partial charge in [0, 0.05) is 36.0 Å². The lowest BCUT2D eigenvalue weighted by Crippen LogP contribution is -2.50. The number of nitrogens with zero attached hydrogens (tertiary/aromatic N) is 1. The van der Waals surface area contributed by atoms with Crippen LogP contribution in [0, 0.1) is 5.92 Å². The van der Waals surface area contributed by atoms with Gasteiger partial charge < -0.3 is 14.9 Å². The molecule has 0 fully saturated rings. The van der Waals surface area contributed by atoms with Crippen molar-refractivity contribution in [2.45, 2.75) is 31.5 Å². The molecule has 0 radical (unpaired) electrons. The second-order valence-corrected chi connectivity index (χ2v) is 7.34. The number of hydrogen-bond acceptors (Lipinski definition) is 5. The maximum Gasteiger partial charge on any atom is 0.313 e. The largest absolute Gasteiger partial charge is 0.460 e. The summed E-state index contributed by atoms with van der Waals surface area (Å²) in [7, 11) is 0. The molecule has 7 nitrogen and oxygen atoms in total. The van der Waals surface area contributed by atoms with E-state index in [1.54, 1.807) is 31.5 Å². The van der Waals surface area contributed by atoms with E-state index in [2.05, 4.69) is 15.2 Å². The molecule has 144 valence electrons. The number of nitrogens with one attached hydrogen (secondary N) is 2. The molecule has 0 amide bonds. The summed E-state index contributed by atoms with van der Waals surface area (Å²) in [6, 6.07) is 12.9. The monoisotopic (exact) mass is 379 g/mol. The van der Waals surface area contributed by atoms with Crippen LogP contribution in [0.15, 0.2) is 59.7 Å². The van der Waals surface area contributed by atoms with Crippen LogP contribution in [0.1, 0.15) is 35.2 Å². The third kappa shape index (κ3) is 3.25. The zero-order valence-electron chi connectivity index (χ0n) is 15.4. The first-order valence-corrected chi connectivity index (χ1v) is 9.09. The number of carbonyl (C=O) groups excluding carboxylic acids is 1. The lowest BCUT2D eigenvalue weighted by Gasteiger charge is -2.40. The van der Waals surface area contributed by atoms with Crippen molar-refractivity contribution >= 4 is 5.97 Å². The molecule has 0 saturated heterocycles. The van der Waals surface area contributed by atoms with E-state index < -0.39 is 23.4 Å². The predicted molar refractivity (Wildman–Crippen MR) is 102 cm³/mol. The first-order chi connectivity index (χ1) is 13.5. The Hall–Kier alpha value is -3.19. The van der Waals surface area contributed by atoms with Crippen LogP contribution in [0.4, 0.5) is 0 Å². The van der Waals surface area contributed by atoms with E-state index in [-0.39, 0.29) is 18.6 Å². The molecular formula is C21H21N3O4. The second kappa shape index (κ2) is 7.09. The van der Waals surface area contributed by atoms with Gasteiger partial charge >= 0.3 is 5.97 Å². The van der Waals surface area contributed by atoms with E-state index in [1.807, 2.05) is 30.3 Å². The first kappa shape index (κ1) is 18.2. The van der Waals surface area contributed by atoms with Gasteiger partial charge in [0.05, 0.1) is 11.5 Å². The quantitative estimate of drug-likeness (QED) is 0.600. The minimum atomic E-state index is -1.40. The third-order valence-corrected chi connectivity index (χ3v) is 5.27. The molecule has 1 aromatic carbocycles. The van der Waals surface area contributed by atoms with Crippen molar-refractivity contribution in [1.29, 1.82) is 0 Å². The van der Waals surface area contributed by atoms with E-state index >= 15 is 0 Å². The Labute approximate surface area is 161 Å². The van der Waals surface area contributed by atoms with Gasteiger partial charge in [-0.1, -0.05) is 36.4 Å². The Morgan fingerprint density at radius 1 is 1.25 bits per heavy atom. The van der Waals surface area contributed by atoms with Gasteiger partial charge in [-0.3, -0.25) is 19.7 Å². The number of aliphatic hydroxyl groups is 1. The normalized spacial score (nSPS) is 23.8. The van der Waals surface area contributed by atoms with Gasteiger partial charge in [0.15, 0.2) is 0 Å². The Balaban J connectivity index is 1.73. The SMILES string of the molecule is C[C@@]1(O)Cc2[nH][nH]c(=O)c2[C@H](c2cccnc2)[C@@H]1C(=O)OCc1ccccc1. The smallest absolute Gasteiger partial charge is 0.313 e. The van der Waals surface area contributed by atoms with E-state index in [4.69, 9.17) is 4.74 Å². The molecule has 7 heteroatoms. The van der Waals surface area contributed by atoms with Crippen LogP contribution in [-0.2, 0) is 22.6 Å². The highest BCUT2D eigenvalue weighted by Gasteiger charge is 2.51. The molecule has 3 atom stereocenters. The van der Waals surface area contributed by atoms with Crippen LogP contribution < -0.4 is 5.56 Å². The third-order valence-electron chi connectivity index (χ3n) is 5.27. The number of ether oxygens (including phenoxy) is 1. The summed E-state index contributed by atoms with van der Waals surface area (Å²) in [5.41, 5.74) is 0.865. The van der Waals surface area contributed by atoms with Crippen molar-refractivity contribution in [3.63, 3.8) is 0 Å². The highest BCUT2D eigenvalue weighted by atomic mass is 16.5. The molecular weight excluding hydrogens is 358 g/mol. The number of benzene rings is 1. The first-order valence-electron chi connectivity index (χ1n) is 9.09. The predicted octanol–water partition coefficient (Wildman–Crippen LogP) is 1.90. The zero-order valence-corrected chi connectivity index (χ0v) is 15.4. The summed E-state index contributed by atoms with van der Waals surface area (Å²) in [4.78, 5) is 29.7. The number of pyridine rings is 1. The van der Waals surface area contributed by atoms with Crippen molar-refractivity contribution in [3.8, 4) is 0 Å². The molecule has 3 aromatic rings. The van der Waals surface area contributed by atoms with Gasteiger partial charge in [-0.15, -0.1) is 0 Å². The Kier molecular flexibility index (Phi) is 4.60. The molecule has 28 heavy (non-hydrogen) atoms. The van der Waals surface area contributed by atoms with E-state index in [9.17, 15) is 14.7 Å². The summed E-state index contributed by atoms with van der Waals surface area (Å²) in [6.07, 6.45) is 3.37. The minimum absolute atomic E-state index is 0.0996. The number of aromatic amines is 2. The summed E-state index contributed by atoms with van der Waals surface area (Å²) < 4.78 is 5.54. The summed E-state index contributed by atoms with van der Waals surface area (Å²) >= 11 is 0. The summed E-state index contributed by atoms with van der Waals surface area (Å²) in [5.74, 6) is -2.15. The van der Waals surface area contributed by atoms with Crippen molar-refractivity contribution < 1.29 is 14.6 Å². The van der Waals surface area contributed by atoms with Crippen LogP contribution in [0.5, 0.6) is 0 Å². The number of aromatic nitrogens is 3. The molecule has 2 aromatic heterocycles. The standard InChI is InChI=1S/C21H21N3O4/c1-21(27)10-15-17(19(25)24-23-15)16(14-8-5-9-22-11-14)18(21)20(26)28-12-13-6-3-2-4-7-13/h2-9,11,16,18,27H,10,12H2,1H3,(H2,23,24,25)/t16-,18+,21+/m0/s1. The van der Waals surface area contributed by atoms with Crippen molar-refractivity contribution in [2.24, 2.45) is 5.92 Å². The highest BCUT2D eigenvalue weighted by Crippen LogP contribution is 2.44. The van der Waals surface area contributed by atoms with E-state index in [1.165, 1.54) is 0 Å². The lowest BCUT2D eigenvalue weighted by molar-refractivity contribution is -0.161.